The van der Waals surface area contributed by atoms with Gasteiger partial charge >= 0.3 is 5.97 Å². The largest absolute Gasteiger partial charge is 0.481 e. The molecule has 0 fully saturated rings. The van der Waals surface area contributed by atoms with E-state index in [1.807, 2.05) is 0 Å². The third kappa shape index (κ3) is 5.50. The summed E-state index contributed by atoms with van der Waals surface area (Å²) in [6.45, 7) is 1.80. The number of aliphatic carboxylic acids is 1. The van der Waals surface area contributed by atoms with E-state index in [9.17, 15) is 9.59 Å². The van der Waals surface area contributed by atoms with Gasteiger partial charge in [0.15, 0.2) is 4.34 Å². The van der Waals surface area contributed by atoms with E-state index in [1.54, 1.807) is 6.92 Å². The number of carbonyl (C=O) groups excluding carboxylic acids is 1. The maximum atomic E-state index is 10.7. The average molecular weight is 276 g/mol. The Balaban J connectivity index is 2.45. The number of rotatable bonds is 7. The quantitative estimate of drug-likeness (QED) is 0.616. The molecule has 0 radical (unpaired) electrons. The molecule has 1 aromatic heterocycles. The lowest BCUT2D eigenvalue weighted by atomic mass is 10.2. The van der Waals surface area contributed by atoms with Crippen molar-refractivity contribution in [1.82, 2.24) is 10.2 Å². The van der Waals surface area contributed by atoms with Gasteiger partial charge in [-0.2, -0.15) is 0 Å². The molecular formula is C8H12N4O3S2. The number of primary amides is 1. The number of carboxylic acid groups (broad SMARTS) is 1. The normalized spacial score (nSPS) is 12.1. The van der Waals surface area contributed by atoms with E-state index in [1.165, 1.54) is 11.3 Å². The van der Waals surface area contributed by atoms with Crippen LogP contribution in [0.4, 0.5) is 5.13 Å². The Morgan fingerprint density at radius 2 is 2.29 bits per heavy atom. The van der Waals surface area contributed by atoms with Crippen LogP contribution in [0.5, 0.6) is 0 Å². The van der Waals surface area contributed by atoms with Crippen molar-refractivity contribution >= 4 is 40.1 Å². The van der Waals surface area contributed by atoms with Crippen molar-refractivity contribution in [3.8, 4) is 0 Å². The maximum absolute atomic E-state index is 10.7. The first-order valence-corrected chi connectivity index (χ1v) is 6.50. The molecule has 1 unspecified atom stereocenters. The van der Waals surface area contributed by atoms with Gasteiger partial charge in [-0.15, -0.1) is 10.2 Å². The molecule has 0 saturated carbocycles. The van der Waals surface area contributed by atoms with E-state index in [0.717, 1.165) is 11.8 Å². The first kappa shape index (κ1) is 13.7. The fourth-order valence-electron chi connectivity index (χ4n) is 1.01. The predicted molar refractivity (Wildman–Crippen MR) is 65.2 cm³/mol. The molecule has 0 bridgehead atoms. The van der Waals surface area contributed by atoms with E-state index in [2.05, 4.69) is 15.5 Å². The molecule has 7 nitrogen and oxygen atoms in total. The first-order chi connectivity index (χ1) is 7.97. The molecule has 1 aromatic rings. The van der Waals surface area contributed by atoms with Crippen LogP contribution in [0, 0.1) is 0 Å². The third-order valence-electron chi connectivity index (χ3n) is 1.60. The molecule has 0 spiro atoms. The highest BCUT2D eigenvalue weighted by atomic mass is 32.2. The van der Waals surface area contributed by atoms with Crippen LogP contribution in [0.15, 0.2) is 4.34 Å². The highest BCUT2D eigenvalue weighted by Gasteiger charge is 2.10. The highest BCUT2D eigenvalue weighted by molar-refractivity contribution is 8.01. The number of amides is 1. The molecular weight excluding hydrogens is 264 g/mol. The summed E-state index contributed by atoms with van der Waals surface area (Å²) >= 11 is 2.35. The van der Waals surface area contributed by atoms with E-state index < -0.39 is 11.9 Å². The number of aromatic nitrogens is 2. The number of nitrogens with one attached hydrogen (secondary N) is 1. The molecule has 0 aliphatic carbocycles. The van der Waals surface area contributed by atoms with Crippen molar-refractivity contribution in [3.05, 3.63) is 0 Å². The standard InChI is InChI=1S/C8H12N4O3S2/c1-4(2-5(9)13)10-7-11-12-8(17-7)16-3-6(14)15/h4H,2-3H2,1H3,(H2,9,13)(H,10,11)(H,14,15). The highest BCUT2D eigenvalue weighted by Crippen LogP contribution is 2.25. The maximum Gasteiger partial charge on any atom is 0.313 e. The fourth-order valence-corrected chi connectivity index (χ4v) is 2.60. The first-order valence-electron chi connectivity index (χ1n) is 4.70. The van der Waals surface area contributed by atoms with Gasteiger partial charge in [-0.25, -0.2) is 0 Å². The zero-order valence-corrected chi connectivity index (χ0v) is 10.7. The molecule has 4 N–H and O–H groups in total. The van der Waals surface area contributed by atoms with E-state index in [-0.39, 0.29) is 18.2 Å². The van der Waals surface area contributed by atoms with Crippen LogP contribution >= 0.6 is 23.1 Å². The lowest BCUT2D eigenvalue weighted by Gasteiger charge is -2.08. The smallest absolute Gasteiger partial charge is 0.313 e. The number of hydrogen-bond acceptors (Lipinski definition) is 7. The molecule has 0 aliphatic rings. The molecule has 1 rings (SSSR count). The van der Waals surface area contributed by atoms with Gasteiger partial charge in [0, 0.05) is 12.5 Å². The molecule has 94 valence electrons. The number of nitrogens with zero attached hydrogens (tertiary/aromatic N) is 2. The van der Waals surface area contributed by atoms with E-state index in [0.29, 0.717) is 9.47 Å². The monoisotopic (exact) mass is 276 g/mol. The number of nitrogens with two attached hydrogens (primary N) is 1. The second-order valence-electron chi connectivity index (χ2n) is 3.27. The van der Waals surface area contributed by atoms with Gasteiger partial charge in [-0.3, -0.25) is 9.59 Å². The van der Waals surface area contributed by atoms with Gasteiger partial charge in [-0.05, 0) is 6.92 Å². The Kier molecular flexibility index (Phi) is 5.16. The molecule has 1 atom stereocenters. The van der Waals surface area contributed by atoms with Gasteiger partial charge in [0.1, 0.15) is 0 Å². The molecule has 9 heteroatoms. The minimum atomic E-state index is -0.901. The zero-order valence-electron chi connectivity index (χ0n) is 9.04. The second kappa shape index (κ2) is 6.40. The van der Waals surface area contributed by atoms with Crippen molar-refractivity contribution < 1.29 is 14.7 Å². The third-order valence-corrected chi connectivity index (χ3v) is 3.58. The van der Waals surface area contributed by atoms with Crippen LogP contribution in [-0.2, 0) is 9.59 Å². The average Bonchev–Trinajstić information content (AvgIpc) is 2.61. The number of carboxylic acids is 1. The Hall–Kier alpha value is -1.35. The van der Waals surface area contributed by atoms with Crippen molar-refractivity contribution in [2.45, 2.75) is 23.7 Å². The van der Waals surface area contributed by atoms with Crippen LogP contribution < -0.4 is 11.1 Å². The van der Waals surface area contributed by atoms with Crippen molar-refractivity contribution in [1.29, 1.82) is 0 Å². The van der Waals surface area contributed by atoms with Crippen molar-refractivity contribution in [2.75, 3.05) is 11.1 Å². The summed E-state index contributed by atoms with van der Waals surface area (Å²) in [6, 6.07) is -0.127. The molecule has 1 heterocycles. The van der Waals surface area contributed by atoms with Crippen LogP contribution in [0.25, 0.3) is 0 Å². The second-order valence-corrected chi connectivity index (χ2v) is 5.47. The van der Waals surface area contributed by atoms with Gasteiger partial charge in [0.25, 0.3) is 0 Å². The predicted octanol–water partition coefficient (Wildman–Crippen LogP) is 0.391. The minimum Gasteiger partial charge on any atom is -0.481 e. The van der Waals surface area contributed by atoms with Gasteiger partial charge < -0.3 is 16.2 Å². The summed E-state index contributed by atoms with van der Waals surface area (Å²) in [5.74, 6) is -1.34. The Morgan fingerprint density at radius 3 is 2.88 bits per heavy atom. The van der Waals surface area contributed by atoms with Gasteiger partial charge in [0.2, 0.25) is 11.0 Å². The fraction of sp³-hybridized carbons (Fsp3) is 0.500. The minimum absolute atomic E-state index is 0.0501. The number of hydrogen-bond donors (Lipinski definition) is 3. The number of anilines is 1. The Labute approximate surface area is 106 Å². The number of carbonyl (C=O) groups is 2. The molecule has 1 amide bonds. The summed E-state index contributed by atoms with van der Waals surface area (Å²) < 4.78 is 0.571. The SMILES string of the molecule is CC(CC(N)=O)Nc1nnc(SCC(=O)O)s1. The summed E-state index contributed by atoms with van der Waals surface area (Å²) in [6.07, 6.45) is 0.206. The molecule has 0 aliphatic heterocycles. The Bertz CT molecular complexity index is 409. The van der Waals surface area contributed by atoms with E-state index >= 15 is 0 Å². The van der Waals surface area contributed by atoms with Crippen molar-refractivity contribution in [3.63, 3.8) is 0 Å². The molecule has 0 aromatic carbocycles. The van der Waals surface area contributed by atoms with Crippen LogP contribution in [-0.4, -0.2) is 39.0 Å². The summed E-state index contributed by atoms with van der Waals surface area (Å²) in [7, 11) is 0. The summed E-state index contributed by atoms with van der Waals surface area (Å²) in [5, 5.41) is 19.6. The van der Waals surface area contributed by atoms with Crippen LogP contribution in [0.2, 0.25) is 0 Å². The van der Waals surface area contributed by atoms with Gasteiger partial charge in [0.05, 0.1) is 5.75 Å². The molecule has 0 saturated heterocycles. The van der Waals surface area contributed by atoms with Crippen molar-refractivity contribution in [2.24, 2.45) is 5.73 Å². The molecule has 17 heavy (non-hydrogen) atoms. The zero-order chi connectivity index (χ0) is 12.8. The summed E-state index contributed by atoms with van der Waals surface area (Å²) in [4.78, 5) is 21.0. The van der Waals surface area contributed by atoms with E-state index in [4.69, 9.17) is 10.8 Å². The number of thioether (sulfide) groups is 1. The topological polar surface area (TPSA) is 118 Å². The summed E-state index contributed by atoms with van der Waals surface area (Å²) in [5.41, 5.74) is 5.05. The van der Waals surface area contributed by atoms with Crippen LogP contribution in [0.3, 0.4) is 0 Å². The van der Waals surface area contributed by atoms with Gasteiger partial charge in [-0.1, -0.05) is 23.1 Å². The van der Waals surface area contributed by atoms with Crippen LogP contribution in [0.1, 0.15) is 13.3 Å². The Morgan fingerprint density at radius 1 is 1.59 bits per heavy atom. The lowest BCUT2D eigenvalue weighted by Crippen LogP contribution is -2.23. The lowest BCUT2D eigenvalue weighted by molar-refractivity contribution is -0.133.